The molecule has 0 spiro atoms. The zero-order valence-corrected chi connectivity index (χ0v) is 8.32. The number of hydrogen-bond acceptors (Lipinski definition) is 2. The van der Waals surface area contributed by atoms with E-state index in [1.165, 1.54) is 0 Å². The highest BCUT2D eigenvalue weighted by Gasteiger charge is 2.61. The third kappa shape index (κ3) is 0.695. The molecular weight excluding hydrogens is 148 g/mol. The van der Waals surface area contributed by atoms with Crippen molar-refractivity contribution in [3.8, 4) is 0 Å². The molecule has 0 bridgehead atoms. The molecule has 1 aliphatic heterocycles. The van der Waals surface area contributed by atoms with Crippen LogP contribution in [0.5, 0.6) is 0 Å². The van der Waals surface area contributed by atoms with Gasteiger partial charge in [-0.05, 0) is 13.1 Å². The van der Waals surface area contributed by atoms with Crippen molar-refractivity contribution in [1.29, 1.82) is 0 Å². The van der Waals surface area contributed by atoms with Crippen LogP contribution in [0.3, 0.4) is 0 Å². The lowest BCUT2D eigenvalue weighted by atomic mass is 11.6. The van der Waals surface area contributed by atoms with Crippen molar-refractivity contribution in [3.63, 3.8) is 0 Å². The van der Waals surface area contributed by atoms with Gasteiger partial charge >= 0.3 is 0 Å². The summed E-state index contributed by atoms with van der Waals surface area (Å²) < 4.78 is 5.10. The van der Waals surface area contributed by atoms with Crippen molar-refractivity contribution in [2.45, 2.75) is 26.2 Å². The molecule has 52 valence electrons. The SMILES string of the molecule is C[Si]1(C)OC(=O)[Si]1(C)C. The number of carbonyl (C=O) groups excluding carboxylic acids is 1. The van der Waals surface area contributed by atoms with Crippen LogP contribution in [0.25, 0.3) is 0 Å². The van der Waals surface area contributed by atoms with Crippen LogP contribution >= 0.6 is 0 Å². The first kappa shape index (κ1) is 7.02. The highest BCUT2D eigenvalue weighted by Crippen LogP contribution is 2.32. The van der Waals surface area contributed by atoms with E-state index >= 15 is 0 Å². The Morgan fingerprint density at radius 2 is 1.67 bits per heavy atom. The van der Waals surface area contributed by atoms with E-state index in [9.17, 15) is 4.79 Å². The van der Waals surface area contributed by atoms with Gasteiger partial charge in [0.05, 0.1) is 0 Å². The van der Waals surface area contributed by atoms with Crippen LogP contribution in [0.4, 0.5) is 4.79 Å². The largest absolute Gasteiger partial charge is 0.526 e. The van der Waals surface area contributed by atoms with Crippen LogP contribution in [-0.2, 0) is 4.43 Å². The minimum atomic E-state index is -1.50. The van der Waals surface area contributed by atoms with Crippen LogP contribution in [-0.4, -0.2) is 21.0 Å². The molecule has 0 N–H and O–H groups in total. The van der Waals surface area contributed by atoms with Crippen LogP contribution in [0, 0.1) is 0 Å². The maximum Gasteiger partial charge on any atom is 0.259 e. The molecule has 0 aliphatic carbocycles. The van der Waals surface area contributed by atoms with Crippen molar-refractivity contribution in [2.75, 3.05) is 0 Å². The summed E-state index contributed by atoms with van der Waals surface area (Å²) in [5.41, 5.74) is 0.110. The first-order chi connectivity index (χ1) is 3.88. The Bertz CT molecular complexity index is 162. The molecule has 0 aromatic heterocycles. The van der Waals surface area contributed by atoms with E-state index in [1.807, 2.05) is 0 Å². The summed E-state index contributed by atoms with van der Waals surface area (Å²) in [5.74, 6) is 0. The second kappa shape index (κ2) is 1.49. The van der Waals surface area contributed by atoms with Gasteiger partial charge in [0.25, 0.3) is 5.59 Å². The zero-order chi connectivity index (χ0) is 7.28. The molecule has 1 heterocycles. The van der Waals surface area contributed by atoms with Crippen LogP contribution in [0.15, 0.2) is 0 Å². The summed E-state index contributed by atoms with van der Waals surface area (Å²) in [5, 5.41) is 0. The van der Waals surface area contributed by atoms with E-state index in [0.29, 0.717) is 0 Å². The van der Waals surface area contributed by atoms with Crippen molar-refractivity contribution < 1.29 is 9.22 Å². The molecule has 4 heteroatoms. The lowest BCUT2D eigenvalue weighted by Crippen LogP contribution is -2.74. The second-order valence-corrected chi connectivity index (χ2v) is 17.8. The van der Waals surface area contributed by atoms with Gasteiger partial charge in [0, 0.05) is 0 Å². The Hall–Kier alpha value is -0.0962. The molecule has 9 heavy (non-hydrogen) atoms. The molecule has 0 saturated carbocycles. The lowest BCUT2D eigenvalue weighted by molar-refractivity contribution is 0.216. The third-order valence-electron chi connectivity index (χ3n) is 2.36. The molecule has 1 saturated heterocycles. The summed E-state index contributed by atoms with van der Waals surface area (Å²) in [6, 6.07) is 0. The minimum absolute atomic E-state index is 0.110. The predicted molar refractivity (Wildman–Crippen MR) is 41.4 cm³/mol. The second-order valence-electron chi connectivity index (χ2n) is 3.52. The van der Waals surface area contributed by atoms with E-state index in [0.717, 1.165) is 0 Å². The maximum absolute atomic E-state index is 10.8. The standard InChI is InChI=1S/C5H12O2Si2/c1-8(2)5(6)7-9(8,3)4/h1-4H3. The predicted octanol–water partition coefficient (Wildman–Crippen LogP) is 1.71. The van der Waals surface area contributed by atoms with Gasteiger partial charge in [0.15, 0.2) is 0 Å². The minimum Gasteiger partial charge on any atom is -0.526 e. The third-order valence-corrected chi connectivity index (χ3v) is 17.3. The smallest absolute Gasteiger partial charge is 0.259 e. The molecule has 1 fully saturated rings. The van der Waals surface area contributed by atoms with Crippen LogP contribution in [0.1, 0.15) is 0 Å². The molecule has 0 radical (unpaired) electrons. The summed E-state index contributed by atoms with van der Waals surface area (Å²) in [4.78, 5) is 10.8. The number of rotatable bonds is 0. The average Bonchev–Trinajstić information content (AvgIpc) is 1.65. The van der Waals surface area contributed by atoms with E-state index in [-0.39, 0.29) is 5.59 Å². The van der Waals surface area contributed by atoms with Gasteiger partial charge in [0.2, 0.25) is 15.4 Å². The average molecular weight is 160 g/mol. The molecule has 1 rings (SSSR count). The Balaban J connectivity index is 2.82. The van der Waals surface area contributed by atoms with Crippen molar-refractivity contribution in [2.24, 2.45) is 0 Å². The molecule has 2 nitrogen and oxygen atoms in total. The highest BCUT2D eigenvalue weighted by molar-refractivity contribution is 7.54. The summed E-state index contributed by atoms with van der Waals surface area (Å²) in [6.07, 6.45) is 0. The quantitative estimate of drug-likeness (QED) is 0.504. The molecule has 0 unspecified atom stereocenters. The highest BCUT2D eigenvalue weighted by atomic mass is 29.3. The number of carbonyl (C=O) groups is 1. The zero-order valence-electron chi connectivity index (χ0n) is 6.32. The topological polar surface area (TPSA) is 26.3 Å². The fourth-order valence-corrected chi connectivity index (χ4v) is 5.68. The van der Waals surface area contributed by atoms with Crippen LogP contribution in [0.2, 0.25) is 26.2 Å². The van der Waals surface area contributed by atoms with Crippen LogP contribution < -0.4 is 0 Å². The summed E-state index contributed by atoms with van der Waals surface area (Å²) >= 11 is 0. The Morgan fingerprint density at radius 3 is 1.67 bits per heavy atom. The monoisotopic (exact) mass is 160 g/mol. The van der Waals surface area contributed by atoms with Gasteiger partial charge in [-0.25, -0.2) is 0 Å². The first-order valence-corrected chi connectivity index (χ1v) is 10.0. The molecule has 0 aromatic carbocycles. The van der Waals surface area contributed by atoms with Gasteiger partial charge in [0.1, 0.15) is 0 Å². The molecule has 1 aliphatic rings. The van der Waals surface area contributed by atoms with E-state index in [1.54, 1.807) is 0 Å². The Kier molecular flexibility index (Phi) is 1.16. The Morgan fingerprint density at radius 1 is 1.22 bits per heavy atom. The van der Waals surface area contributed by atoms with Gasteiger partial charge < -0.3 is 4.43 Å². The first-order valence-electron chi connectivity index (χ1n) is 3.11. The van der Waals surface area contributed by atoms with Gasteiger partial charge in [-0.1, -0.05) is 13.1 Å². The normalized spacial score (nSPS) is 28.7. The summed E-state index contributed by atoms with van der Waals surface area (Å²) in [7, 11) is -2.96. The molecule has 0 atom stereocenters. The Labute approximate surface area is 57.1 Å². The summed E-state index contributed by atoms with van der Waals surface area (Å²) in [6.45, 7) is 8.46. The lowest BCUT2D eigenvalue weighted by Gasteiger charge is -2.45. The van der Waals surface area contributed by atoms with Gasteiger partial charge in [-0.15, -0.1) is 0 Å². The van der Waals surface area contributed by atoms with Gasteiger partial charge in [-0.3, -0.25) is 4.79 Å². The molecule has 0 amide bonds. The van der Waals surface area contributed by atoms with Crippen molar-refractivity contribution in [1.82, 2.24) is 0 Å². The molecule has 0 aromatic rings. The van der Waals surface area contributed by atoms with E-state index in [4.69, 9.17) is 4.43 Å². The fourth-order valence-electron chi connectivity index (χ4n) is 0.686. The van der Waals surface area contributed by atoms with Crippen molar-refractivity contribution in [3.05, 3.63) is 0 Å². The maximum atomic E-state index is 10.8. The van der Waals surface area contributed by atoms with E-state index in [2.05, 4.69) is 26.2 Å². The van der Waals surface area contributed by atoms with Gasteiger partial charge in [-0.2, -0.15) is 0 Å². The van der Waals surface area contributed by atoms with Crippen molar-refractivity contribution >= 4 is 21.0 Å². The van der Waals surface area contributed by atoms with E-state index < -0.39 is 15.4 Å². The number of hydrogen-bond donors (Lipinski definition) is 0. The fraction of sp³-hybridized carbons (Fsp3) is 0.800. The molecular formula is C5H12O2Si2.